The molecule has 2 fully saturated rings. The third-order valence-electron chi connectivity index (χ3n) is 5.91. The number of hydrogen-bond donors (Lipinski definition) is 0. The van der Waals surface area contributed by atoms with Crippen molar-refractivity contribution < 1.29 is 4.52 Å². The second-order valence-electron chi connectivity index (χ2n) is 8.17. The van der Waals surface area contributed by atoms with Crippen molar-refractivity contribution in [2.45, 2.75) is 31.7 Å². The number of nitrogens with zero attached hydrogens (tertiary/aromatic N) is 5. The Balaban J connectivity index is 1.29. The fourth-order valence-electron chi connectivity index (χ4n) is 4.03. The quantitative estimate of drug-likeness (QED) is 0.612. The van der Waals surface area contributed by atoms with E-state index in [1.807, 2.05) is 24.4 Å². The topological polar surface area (TPSA) is 58.3 Å². The Bertz CT molecular complexity index is 1010. The summed E-state index contributed by atoms with van der Waals surface area (Å²) in [5.74, 6) is 2.85. The molecule has 1 aromatic carbocycles. The number of anilines is 1. The van der Waals surface area contributed by atoms with Gasteiger partial charge < -0.3 is 9.42 Å². The van der Waals surface area contributed by atoms with Crippen LogP contribution in [0.2, 0.25) is 0 Å². The lowest BCUT2D eigenvalue weighted by molar-refractivity contribution is 0.285. The monoisotopic (exact) mass is 401 g/mol. The summed E-state index contributed by atoms with van der Waals surface area (Å²) in [7, 11) is 0. The third kappa shape index (κ3) is 4.14. The van der Waals surface area contributed by atoms with E-state index < -0.39 is 0 Å². The van der Waals surface area contributed by atoms with E-state index in [0.29, 0.717) is 11.8 Å². The van der Waals surface area contributed by atoms with E-state index in [4.69, 9.17) is 4.52 Å². The summed E-state index contributed by atoms with van der Waals surface area (Å²) in [4.78, 5) is 14.2. The highest BCUT2D eigenvalue weighted by Crippen LogP contribution is 2.39. The zero-order valence-corrected chi connectivity index (χ0v) is 17.2. The molecule has 2 aliphatic rings. The Morgan fingerprint density at radius 1 is 1.07 bits per heavy atom. The maximum atomic E-state index is 5.59. The van der Waals surface area contributed by atoms with Crippen LogP contribution in [0.15, 0.2) is 53.7 Å². The molecule has 0 amide bonds. The van der Waals surface area contributed by atoms with Crippen molar-refractivity contribution in [1.29, 1.82) is 0 Å². The lowest BCUT2D eigenvalue weighted by Gasteiger charge is -2.24. The Morgan fingerprint density at radius 2 is 1.93 bits per heavy atom. The molecule has 0 N–H and O–H groups in total. The van der Waals surface area contributed by atoms with Crippen molar-refractivity contribution >= 4 is 11.9 Å². The van der Waals surface area contributed by atoms with Gasteiger partial charge in [-0.1, -0.05) is 42.1 Å². The number of rotatable bonds is 6. The summed E-state index contributed by atoms with van der Waals surface area (Å²) in [6, 6.07) is 12.6. The molecule has 0 bridgehead atoms. The van der Waals surface area contributed by atoms with E-state index in [9.17, 15) is 0 Å². The predicted molar refractivity (Wildman–Crippen MR) is 118 cm³/mol. The lowest BCUT2D eigenvalue weighted by atomic mass is 10.1. The molecule has 0 spiro atoms. The molecule has 1 saturated carbocycles. The van der Waals surface area contributed by atoms with Gasteiger partial charge in [-0.2, -0.15) is 4.98 Å². The molecule has 30 heavy (non-hydrogen) atoms. The highest BCUT2D eigenvalue weighted by molar-refractivity contribution is 5.69. The zero-order valence-electron chi connectivity index (χ0n) is 17.2. The molecule has 0 unspecified atom stereocenters. The van der Waals surface area contributed by atoms with Crippen LogP contribution in [0.25, 0.3) is 17.5 Å². The molecule has 3 aromatic rings. The van der Waals surface area contributed by atoms with Gasteiger partial charge in [-0.05, 0) is 42.5 Å². The van der Waals surface area contributed by atoms with Gasteiger partial charge in [0.25, 0.3) is 5.89 Å². The first-order valence-electron chi connectivity index (χ1n) is 10.8. The fourth-order valence-corrected chi connectivity index (χ4v) is 4.03. The highest BCUT2D eigenvalue weighted by Gasteiger charge is 2.30. The van der Waals surface area contributed by atoms with E-state index in [2.05, 4.69) is 55.8 Å². The Morgan fingerprint density at radius 3 is 2.73 bits per heavy atom. The first kappa shape index (κ1) is 19.0. The second-order valence-corrected chi connectivity index (χ2v) is 8.17. The molecular weight excluding hydrogens is 374 g/mol. The van der Waals surface area contributed by atoms with Crippen LogP contribution in [0.4, 0.5) is 5.82 Å². The Kier molecular flexibility index (Phi) is 5.32. The molecule has 0 radical (unpaired) electrons. The number of hydrogen-bond acceptors (Lipinski definition) is 6. The van der Waals surface area contributed by atoms with Crippen molar-refractivity contribution in [2.75, 3.05) is 31.1 Å². The van der Waals surface area contributed by atoms with Crippen molar-refractivity contribution in [3.05, 3.63) is 66.1 Å². The molecule has 3 heterocycles. The first-order valence-corrected chi connectivity index (χ1v) is 10.8. The van der Waals surface area contributed by atoms with Crippen LogP contribution in [0.1, 0.15) is 42.1 Å². The SMILES string of the molecule is C=Cc1ccc(CN2CCCN(c3ncccc3-c3nc(C4CC4)no3)CC2)cc1. The molecule has 154 valence electrons. The maximum Gasteiger partial charge on any atom is 0.261 e. The van der Waals surface area contributed by atoms with Crippen LogP contribution in [-0.4, -0.2) is 46.2 Å². The summed E-state index contributed by atoms with van der Waals surface area (Å²) in [6.45, 7) is 8.77. The molecule has 5 rings (SSSR count). The number of aromatic nitrogens is 3. The van der Waals surface area contributed by atoms with Crippen LogP contribution in [0.3, 0.4) is 0 Å². The predicted octanol–water partition coefficient (Wildman–Crippen LogP) is 4.36. The molecule has 1 aliphatic heterocycles. The highest BCUT2D eigenvalue weighted by atomic mass is 16.5. The molecule has 2 aromatic heterocycles. The Hall–Kier alpha value is -2.99. The molecule has 1 saturated heterocycles. The largest absolute Gasteiger partial charge is 0.355 e. The molecular formula is C24H27N5O. The van der Waals surface area contributed by atoms with Gasteiger partial charge in [0.1, 0.15) is 5.82 Å². The van der Waals surface area contributed by atoms with Crippen molar-refractivity contribution in [3.63, 3.8) is 0 Å². The van der Waals surface area contributed by atoms with Crippen molar-refractivity contribution in [3.8, 4) is 11.5 Å². The van der Waals surface area contributed by atoms with E-state index in [-0.39, 0.29) is 0 Å². The van der Waals surface area contributed by atoms with Gasteiger partial charge in [-0.15, -0.1) is 0 Å². The first-order chi connectivity index (χ1) is 14.8. The van der Waals surface area contributed by atoms with E-state index in [1.165, 1.54) is 5.56 Å². The van der Waals surface area contributed by atoms with Gasteiger partial charge >= 0.3 is 0 Å². The van der Waals surface area contributed by atoms with Crippen LogP contribution >= 0.6 is 0 Å². The van der Waals surface area contributed by atoms with E-state index in [1.54, 1.807) is 0 Å². The van der Waals surface area contributed by atoms with E-state index in [0.717, 1.165) is 74.8 Å². The number of benzene rings is 1. The van der Waals surface area contributed by atoms with Crippen LogP contribution in [-0.2, 0) is 6.54 Å². The van der Waals surface area contributed by atoms with Gasteiger partial charge in [0.2, 0.25) is 0 Å². The lowest BCUT2D eigenvalue weighted by Crippen LogP contribution is -2.31. The van der Waals surface area contributed by atoms with Crippen molar-refractivity contribution in [2.24, 2.45) is 0 Å². The average molecular weight is 402 g/mol. The summed E-state index contributed by atoms with van der Waals surface area (Å²) in [5.41, 5.74) is 3.44. The molecule has 6 nitrogen and oxygen atoms in total. The zero-order chi connectivity index (χ0) is 20.3. The van der Waals surface area contributed by atoms with E-state index >= 15 is 0 Å². The standard InChI is InChI=1S/C24H27N5O/c1-2-18-6-8-19(9-7-18)17-28-13-4-14-29(16-15-28)23-21(5-3-12-25-23)24-26-22(27-30-24)20-10-11-20/h2-3,5-9,12,20H,1,4,10-11,13-17H2. The minimum atomic E-state index is 0.481. The van der Waals surface area contributed by atoms with Gasteiger partial charge in [0.05, 0.1) is 5.56 Å². The normalized spacial score (nSPS) is 17.7. The smallest absolute Gasteiger partial charge is 0.261 e. The summed E-state index contributed by atoms with van der Waals surface area (Å²) in [5, 5.41) is 4.18. The molecule has 0 atom stereocenters. The minimum absolute atomic E-state index is 0.481. The minimum Gasteiger partial charge on any atom is -0.355 e. The van der Waals surface area contributed by atoms with Crippen LogP contribution in [0.5, 0.6) is 0 Å². The maximum absolute atomic E-state index is 5.59. The van der Waals surface area contributed by atoms with Crippen LogP contribution < -0.4 is 4.90 Å². The third-order valence-corrected chi connectivity index (χ3v) is 5.91. The fraction of sp³-hybridized carbons (Fsp3) is 0.375. The summed E-state index contributed by atoms with van der Waals surface area (Å²) in [6.07, 6.45) is 7.15. The van der Waals surface area contributed by atoms with Crippen LogP contribution in [0, 0.1) is 0 Å². The number of pyridine rings is 1. The van der Waals surface area contributed by atoms with Gasteiger partial charge in [-0.25, -0.2) is 4.98 Å². The van der Waals surface area contributed by atoms with Gasteiger partial charge in [-0.3, -0.25) is 4.90 Å². The van der Waals surface area contributed by atoms with Gasteiger partial charge in [0.15, 0.2) is 5.82 Å². The van der Waals surface area contributed by atoms with Crippen molar-refractivity contribution in [1.82, 2.24) is 20.0 Å². The summed E-state index contributed by atoms with van der Waals surface area (Å²) >= 11 is 0. The summed E-state index contributed by atoms with van der Waals surface area (Å²) < 4.78 is 5.59. The van der Waals surface area contributed by atoms with Gasteiger partial charge in [0, 0.05) is 44.8 Å². The Labute approximate surface area is 177 Å². The molecule has 6 heteroatoms. The molecule has 1 aliphatic carbocycles. The second kappa shape index (κ2) is 8.40. The average Bonchev–Trinajstić information content (AvgIpc) is 3.57.